The van der Waals surface area contributed by atoms with Crippen LogP contribution in [-0.4, -0.2) is 44.3 Å². The molecule has 0 aliphatic heterocycles. The van der Waals surface area contributed by atoms with Crippen LogP contribution in [0.25, 0.3) is 0 Å². The molecule has 250 valence electrons. The molecule has 4 rings (SSSR count). The van der Waals surface area contributed by atoms with Gasteiger partial charge in [0.05, 0.1) is 28.2 Å². The third-order valence-electron chi connectivity index (χ3n) is 6.92. The van der Waals surface area contributed by atoms with E-state index in [1.807, 2.05) is 66.9 Å². The third kappa shape index (κ3) is 11.9. The molecule has 4 aromatic carbocycles. The quantitative estimate of drug-likeness (QED) is 0.114. The number of aromatic hydroxyl groups is 2. The minimum absolute atomic E-state index is 0. The minimum Gasteiger partial charge on any atom is -0.869 e. The van der Waals surface area contributed by atoms with E-state index in [1.165, 1.54) is 12.1 Å². The Morgan fingerprint density at radius 3 is 1.51 bits per heavy atom. The van der Waals surface area contributed by atoms with Crippen LogP contribution < -0.4 is 10.2 Å². The van der Waals surface area contributed by atoms with Crippen molar-refractivity contribution in [1.29, 1.82) is 0 Å². The van der Waals surface area contributed by atoms with E-state index in [9.17, 15) is 19.8 Å². The SMILES string of the molecule is CCCCC(C=Nc1ccccc1)=Nc1ccccc1.Cc1cc(O)c([O-])c(C(=O)O)c1C.Cc1cc(O)c([O-])c(C(=O)O)c1C.[Ni+2]. The number of phenolic OH excluding ortho intramolecular Hbond substituents is 2. The van der Waals surface area contributed by atoms with Gasteiger partial charge in [0.2, 0.25) is 0 Å². The fourth-order valence-electron chi connectivity index (χ4n) is 4.10. The van der Waals surface area contributed by atoms with Gasteiger partial charge in [-0.3, -0.25) is 9.98 Å². The molecule has 0 atom stereocenters. The smallest absolute Gasteiger partial charge is 0.869 e. The summed E-state index contributed by atoms with van der Waals surface area (Å²) in [6.07, 6.45) is 5.14. The molecule has 10 nitrogen and oxygen atoms in total. The molecule has 0 saturated carbocycles. The van der Waals surface area contributed by atoms with Crippen LogP contribution in [0.3, 0.4) is 0 Å². The van der Waals surface area contributed by atoms with Gasteiger partial charge in [0.25, 0.3) is 0 Å². The maximum absolute atomic E-state index is 11.2. The Balaban J connectivity index is 0.000000362. The van der Waals surface area contributed by atoms with E-state index < -0.39 is 34.9 Å². The number of phenols is 2. The summed E-state index contributed by atoms with van der Waals surface area (Å²) >= 11 is 0. The van der Waals surface area contributed by atoms with E-state index in [0.29, 0.717) is 22.3 Å². The van der Waals surface area contributed by atoms with E-state index in [0.717, 1.165) is 36.3 Å². The Morgan fingerprint density at radius 1 is 0.723 bits per heavy atom. The van der Waals surface area contributed by atoms with Crippen LogP contribution in [-0.2, 0) is 16.5 Å². The number of carbonyl (C=O) groups is 2. The summed E-state index contributed by atoms with van der Waals surface area (Å²) in [5.41, 5.74) is 4.26. The topological polar surface area (TPSA) is 186 Å². The number of carboxylic acids is 2. The van der Waals surface area contributed by atoms with Crippen LogP contribution in [0, 0.1) is 27.7 Å². The summed E-state index contributed by atoms with van der Waals surface area (Å²) in [5, 5.41) is 57.8. The van der Waals surface area contributed by atoms with Crippen LogP contribution >= 0.6 is 0 Å². The van der Waals surface area contributed by atoms with Crippen molar-refractivity contribution in [3.8, 4) is 23.0 Å². The van der Waals surface area contributed by atoms with E-state index in [1.54, 1.807) is 27.7 Å². The standard InChI is InChI=1S/C18H20N2.2C9H10O4.Ni/c1-2-3-10-18(20-17-13-8-5-9-14-17)15-19-16-11-6-4-7-12-16;2*1-4-3-6(10)8(11)7(5(4)2)9(12)13;/h4-9,11-15H,2-3,10H2,1H3;2*3,10-11H,1-2H3,(H,12,13);/q;;;+2/p-2. The predicted molar refractivity (Wildman–Crippen MR) is 176 cm³/mol. The van der Waals surface area contributed by atoms with E-state index in [-0.39, 0.29) is 27.6 Å². The number of para-hydroxylation sites is 2. The Hall–Kier alpha value is -5.15. The number of carboxylic acid groups (broad SMARTS) is 2. The van der Waals surface area contributed by atoms with Crippen LogP contribution in [0.2, 0.25) is 0 Å². The first-order valence-electron chi connectivity index (χ1n) is 14.5. The van der Waals surface area contributed by atoms with Crippen LogP contribution in [0.4, 0.5) is 11.4 Å². The number of hydrogen-bond acceptors (Lipinski definition) is 8. The molecule has 0 radical (unpaired) electrons. The predicted octanol–water partition coefficient (Wildman–Crippen LogP) is 6.91. The van der Waals surface area contributed by atoms with Gasteiger partial charge in [0, 0.05) is 6.21 Å². The van der Waals surface area contributed by atoms with Gasteiger partial charge in [-0.1, -0.05) is 61.2 Å². The van der Waals surface area contributed by atoms with Crippen molar-refractivity contribution in [1.82, 2.24) is 0 Å². The van der Waals surface area contributed by atoms with Crippen molar-refractivity contribution in [2.75, 3.05) is 0 Å². The zero-order chi connectivity index (χ0) is 34.4. The molecular weight excluding hydrogens is 647 g/mol. The normalized spacial score (nSPS) is 10.6. The van der Waals surface area contributed by atoms with Gasteiger partial charge in [-0.25, -0.2) is 9.59 Å². The first-order chi connectivity index (χ1) is 21.8. The molecule has 0 aromatic heterocycles. The summed E-state index contributed by atoms with van der Waals surface area (Å²) in [5.74, 6) is -5.28. The first kappa shape index (κ1) is 39.9. The zero-order valence-electron chi connectivity index (χ0n) is 26.8. The molecule has 11 heteroatoms. The second kappa shape index (κ2) is 19.4. The molecule has 0 unspecified atom stereocenters. The van der Waals surface area contributed by atoms with E-state index >= 15 is 0 Å². The van der Waals surface area contributed by atoms with E-state index in [4.69, 9.17) is 20.4 Å². The second-order valence-corrected chi connectivity index (χ2v) is 10.3. The Bertz CT molecular complexity index is 1580. The average molecular weight is 685 g/mol. The van der Waals surface area contributed by atoms with Crippen molar-refractivity contribution in [3.63, 3.8) is 0 Å². The van der Waals surface area contributed by atoms with Gasteiger partial charge in [-0.15, -0.1) is 0 Å². The summed E-state index contributed by atoms with van der Waals surface area (Å²) in [6.45, 7) is 8.55. The molecule has 0 heterocycles. The number of unbranched alkanes of at least 4 members (excludes halogenated alkanes) is 1. The van der Waals surface area contributed by atoms with Crippen LogP contribution in [0.1, 0.15) is 69.2 Å². The molecular formula is C36H38N2NiO8. The molecule has 0 bridgehead atoms. The largest absolute Gasteiger partial charge is 2.00 e. The van der Waals surface area contributed by atoms with Crippen molar-refractivity contribution < 1.29 is 56.7 Å². The Morgan fingerprint density at radius 2 is 1.13 bits per heavy atom. The minimum atomic E-state index is -1.30. The summed E-state index contributed by atoms with van der Waals surface area (Å²) in [7, 11) is 0. The van der Waals surface area contributed by atoms with Crippen molar-refractivity contribution in [2.24, 2.45) is 9.98 Å². The number of benzene rings is 4. The maximum Gasteiger partial charge on any atom is 2.00 e. The Labute approximate surface area is 284 Å². The number of rotatable bonds is 8. The second-order valence-electron chi connectivity index (χ2n) is 10.3. The maximum atomic E-state index is 11.2. The fourth-order valence-corrected chi connectivity index (χ4v) is 4.10. The molecule has 0 aliphatic rings. The zero-order valence-corrected chi connectivity index (χ0v) is 27.7. The van der Waals surface area contributed by atoms with Gasteiger partial charge >= 0.3 is 28.4 Å². The van der Waals surface area contributed by atoms with E-state index in [2.05, 4.69) is 16.9 Å². The molecule has 0 aliphatic carbocycles. The molecule has 0 saturated heterocycles. The first-order valence-corrected chi connectivity index (χ1v) is 14.5. The van der Waals surface area contributed by atoms with Gasteiger partial charge in [-0.2, -0.15) is 0 Å². The fraction of sp³-hybridized carbons (Fsp3) is 0.222. The van der Waals surface area contributed by atoms with Crippen molar-refractivity contribution in [2.45, 2.75) is 53.9 Å². The van der Waals surface area contributed by atoms with Gasteiger partial charge in [0.1, 0.15) is 11.5 Å². The third-order valence-corrected chi connectivity index (χ3v) is 6.92. The average Bonchev–Trinajstić information content (AvgIpc) is 3.02. The Kier molecular flexibility index (Phi) is 16.4. The number of hydrogen-bond donors (Lipinski definition) is 4. The number of aromatic carboxylic acids is 2. The van der Waals surface area contributed by atoms with Crippen LogP contribution in [0.5, 0.6) is 23.0 Å². The molecule has 4 N–H and O–H groups in total. The molecule has 47 heavy (non-hydrogen) atoms. The summed E-state index contributed by atoms with van der Waals surface area (Å²) in [6, 6.07) is 22.6. The van der Waals surface area contributed by atoms with Crippen molar-refractivity contribution in [3.05, 3.63) is 106 Å². The monoisotopic (exact) mass is 684 g/mol. The van der Waals surface area contributed by atoms with Gasteiger partial charge in [-0.05, 0) is 99.2 Å². The van der Waals surface area contributed by atoms with Crippen molar-refractivity contribution >= 4 is 35.2 Å². The molecule has 0 spiro atoms. The summed E-state index contributed by atoms with van der Waals surface area (Å²) < 4.78 is 0. The molecule has 4 aromatic rings. The number of aryl methyl sites for hydroxylation is 2. The molecule has 0 amide bonds. The molecule has 0 fully saturated rings. The van der Waals surface area contributed by atoms with Gasteiger partial charge < -0.3 is 30.6 Å². The number of nitrogens with zero attached hydrogens (tertiary/aromatic N) is 2. The summed E-state index contributed by atoms with van der Waals surface area (Å²) in [4.78, 5) is 30.5. The van der Waals surface area contributed by atoms with Crippen LogP contribution in [0.15, 0.2) is 82.8 Å². The number of aliphatic imine (C=N–C) groups is 2. The van der Waals surface area contributed by atoms with Gasteiger partial charge in [0.15, 0.2) is 0 Å².